The van der Waals surface area contributed by atoms with Gasteiger partial charge in [-0.3, -0.25) is 4.79 Å². The molecule has 2 rings (SSSR count). The zero-order valence-electron chi connectivity index (χ0n) is 12.4. The van der Waals surface area contributed by atoms with E-state index < -0.39 is 23.5 Å². The van der Waals surface area contributed by atoms with E-state index in [0.717, 1.165) is 12.1 Å². The molecule has 0 spiro atoms. The highest BCUT2D eigenvalue weighted by Crippen LogP contribution is 2.36. The van der Waals surface area contributed by atoms with Gasteiger partial charge in [-0.25, -0.2) is 4.79 Å². The van der Waals surface area contributed by atoms with Crippen molar-refractivity contribution >= 4 is 34.8 Å². The summed E-state index contributed by atoms with van der Waals surface area (Å²) in [5, 5.41) is 4.41. The zero-order valence-corrected chi connectivity index (χ0v) is 13.1. The zero-order chi connectivity index (χ0) is 17.9. The molecule has 2 aromatic rings. The average molecular weight is 357 g/mol. The first-order valence-corrected chi connectivity index (χ1v) is 7.10. The Morgan fingerprint density at radius 3 is 2.38 bits per heavy atom. The highest BCUT2D eigenvalue weighted by atomic mass is 35.5. The molecule has 0 radical (unpaired) electrons. The van der Waals surface area contributed by atoms with E-state index in [-0.39, 0.29) is 16.5 Å². The maximum Gasteiger partial charge on any atom is 0.418 e. The molecule has 0 aromatic heterocycles. The fourth-order valence-electron chi connectivity index (χ4n) is 1.96. The monoisotopic (exact) mass is 356 g/mol. The van der Waals surface area contributed by atoms with E-state index >= 15 is 0 Å². The van der Waals surface area contributed by atoms with Crippen molar-refractivity contribution in [2.24, 2.45) is 0 Å². The molecule has 0 aliphatic heterocycles. The molecule has 2 N–H and O–H groups in total. The number of urea groups is 1. The Hall–Kier alpha value is -2.54. The fraction of sp³-hybridized carbons (Fsp3) is 0.125. The van der Waals surface area contributed by atoms with Gasteiger partial charge < -0.3 is 10.6 Å². The van der Waals surface area contributed by atoms with Gasteiger partial charge in [-0.15, -0.1) is 0 Å². The first-order chi connectivity index (χ1) is 11.2. The van der Waals surface area contributed by atoms with E-state index in [2.05, 4.69) is 10.6 Å². The van der Waals surface area contributed by atoms with Crippen LogP contribution in [0.25, 0.3) is 0 Å². The fourth-order valence-corrected chi connectivity index (χ4v) is 2.13. The number of hydrogen-bond acceptors (Lipinski definition) is 2. The molecular formula is C16H12ClF3N2O2. The smallest absolute Gasteiger partial charge is 0.308 e. The Bertz CT molecular complexity index is 791. The first kappa shape index (κ1) is 17.8. The number of ketones is 1. The molecular weight excluding hydrogens is 345 g/mol. The van der Waals surface area contributed by atoms with Crippen molar-refractivity contribution in [2.45, 2.75) is 13.1 Å². The van der Waals surface area contributed by atoms with Gasteiger partial charge in [0.2, 0.25) is 0 Å². The minimum absolute atomic E-state index is 0.0950. The molecule has 2 amide bonds. The molecule has 0 saturated carbocycles. The lowest BCUT2D eigenvalue weighted by atomic mass is 10.1. The Balaban J connectivity index is 2.19. The molecule has 0 atom stereocenters. The summed E-state index contributed by atoms with van der Waals surface area (Å²) in [5.74, 6) is -0.198. The number of carbonyl (C=O) groups is 2. The molecule has 4 nitrogen and oxygen atoms in total. The molecule has 0 unspecified atom stereocenters. The summed E-state index contributed by atoms with van der Waals surface area (Å²) < 4.78 is 38.9. The van der Waals surface area contributed by atoms with Gasteiger partial charge >= 0.3 is 12.2 Å². The number of alkyl halides is 3. The molecule has 0 aliphatic carbocycles. The number of anilines is 2. The van der Waals surface area contributed by atoms with Crippen LogP contribution in [0.4, 0.5) is 29.3 Å². The van der Waals surface area contributed by atoms with Crippen molar-refractivity contribution < 1.29 is 22.8 Å². The Labute approximate surface area is 140 Å². The van der Waals surface area contributed by atoms with Crippen LogP contribution in [0.5, 0.6) is 0 Å². The van der Waals surface area contributed by atoms with Crippen molar-refractivity contribution in [1.29, 1.82) is 0 Å². The number of rotatable bonds is 3. The molecule has 0 heterocycles. The van der Waals surface area contributed by atoms with Gasteiger partial charge in [0.1, 0.15) is 0 Å². The molecule has 2 aromatic carbocycles. The largest absolute Gasteiger partial charge is 0.418 e. The summed E-state index contributed by atoms with van der Waals surface area (Å²) in [6.07, 6.45) is -4.66. The topological polar surface area (TPSA) is 58.2 Å². The Morgan fingerprint density at radius 2 is 1.75 bits per heavy atom. The third-order valence-electron chi connectivity index (χ3n) is 3.06. The summed E-state index contributed by atoms with van der Waals surface area (Å²) in [5.41, 5.74) is -0.826. The molecule has 126 valence electrons. The van der Waals surface area contributed by atoms with Crippen LogP contribution in [0, 0.1) is 0 Å². The van der Waals surface area contributed by atoms with E-state index in [1.54, 1.807) is 12.1 Å². The third-order valence-corrected chi connectivity index (χ3v) is 3.30. The number of benzene rings is 2. The lowest BCUT2D eigenvalue weighted by molar-refractivity contribution is -0.136. The van der Waals surface area contributed by atoms with Crippen LogP contribution in [-0.4, -0.2) is 11.8 Å². The lowest BCUT2D eigenvalue weighted by Crippen LogP contribution is -2.22. The summed E-state index contributed by atoms with van der Waals surface area (Å²) >= 11 is 5.58. The number of carbonyl (C=O) groups excluding carboxylic acids is 2. The number of amides is 2. The Morgan fingerprint density at radius 1 is 1.04 bits per heavy atom. The summed E-state index contributed by atoms with van der Waals surface area (Å²) in [6.45, 7) is 1.36. The van der Waals surface area contributed by atoms with Gasteiger partial charge in [-0.2, -0.15) is 13.2 Å². The number of halogens is 4. The second-order valence-electron chi connectivity index (χ2n) is 4.90. The van der Waals surface area contributed by atoms with Crippen LogP contribution in [0.1, 0.15) is 22.8 Å². The van der Waals surface area contributed by atoms with Crippen LogP contribution in [0.2, 0.25) is 5.02 Å². The van der Waals surface area contributed by atoms with E-state index in [9.17, 15) is 22.8 Å². The predicted molar refractivity (Wildman–Crippen MR) is 85.5 cm³/mol. The minimum atomic E-state index is -4.66. The normalized spacial score (nSPS) is 11.0. The maximum atomic E-state index is 13.0. The van der Waals surface area contributed by atoms with Gasteiger partial charge in [0.25, 0.3) is 0 Å². The predicted octanol–water partition coefficient (Wildman–Crippen LogP) is 5.21. The molecule has 8 heteroatoms. The second-order valence-corrected chi connectivity index (χ2v) is 5.34. The van der Waals surface area contributed by atoms with Crippen LogP contribution < -0.4 is 10.6 Å². The number of hydrogen-bond donors (Lipinski definition) is 2. The van der Waals surface area contributed by atoms with E-state index in [4.69, 9.17) is 11.6 Å². The van der Waals surface area contributed by atoms with Gasteiger partial charge in [-0.05, 0) is 37.3 Å². The van der Waals surface area contributed by atoms with Crippen molar-refractivity contribution in [3.63, 3.8) is 0 Å². The van der Waals surface area contributed by atoms with Gasteiger partial charge in [-0.1, -0.05) is 23.7 Å². The van der Waals surface area contributed by atoms with Gasteiger partial charge in [0, 0.05) is 16.3 Å². The van der Waals surface area contributed by atoms with E-state index in [1.807, 2.05) is 0 Å². The molecule has 0 bridgehead atoms. The molecule has 0 aliphatic rings. The van der Waals surface area contributed by atoms with Crippen molar-refractivity contribution in [2.75, 3.05) is 10.6 Å². The summed E-state index contributed by atoms with van der Waals surface area (Å²) in [4.78, 5) is 23.2. The van der Waals surface area contributed by atoms with E-state index in [0.29, 0.717) is 5.56 Å². The quantitative estimate of drug-likeness (QED) is 0.742. The van der Waals surface area contributed by atoms with Crippen molar-refractivity contribution in [3.05, 3.63) is 58.6 Å². The number of nitrogens with one attached hydrogen (secondary N) is 2. The lowest BCUT2D eigenvalue weighted by Gasteiger charge is -2.14. The minimum Gasteiger partial charge on any atom is -0.308 e. The van der Waals surface area contributed by atoms with Gasteiger partial charge in [0.15, 0.2) is 5.78 Å². The highest BCUT2D eigenvalue weighted by Gasteiger charge is 2.34. The van der Waals surface area contributed by atoms with Gasteiger partial charge in [0.05, 0.1) is 11.3 Å². The molecule has 0 saturated heterocycles. The van der Waals surface area contributed by atoms with Crippen LogP contribution >= 0.6 is 11.6 Å². The summed E-state index contributed by atoms with van der Waals surface area (Å²) in [7, 11) is 0. The Kier molecular flexibility index (Phi) is 5.14. The molecule has 24 heavy (non-hydrogen) atoms. The second kappa shape index (κ2) is 6.92. The first-order valence-electron chi connectivity index (χ1n) is 6.72. The third kappa shape index (κ3) is 4.48. The van der Waals surface area contributed by atoms with Crippen LogP contribution in [0.3, 0.4) is 0 Å². The van der Waals surface area contributed by atoms with E-state index in [1.165, 1.54) is 25.1 Å². The molecule has 0 fully saturated rings. The van der Waals surface area contributed by atoms with Crippen LogP contribution in [0.15, 0.2) is 42.5 Å². The van der Waals surface area contributed by atoms with Crippen molar-refractivity contribution in [3.8, 4) is 0 Å². The standard InChI is InChI=1S/C16H12ClF3N2O2/c1-9(23)10-3-2-4-12(7-10)21-15(24)22-14-6-5-11(17)8-13(14)16(18,19)20/h2-8H,1H3,(H2,21,22,24). The summed E-state index contributed by atoms with van der Waals surface area (Å²) in [6, 6.07) is 8.21. The SMILES string of the molecule is CC(=O)c1cccc(NC(=O)Nc2ccc(Cl)cc2C(F)(F)F)c1. The highest BCUT2D eigenvalue weighted by molar-refractivity contribution is 6.30. The maximum absolute atomic E-state index is 13.0. The van der Waals surface area contributed by atoms with Crippen LogP contribution in [-0.2, 0) is 6.18 Å². The average Bonchev–Trinajstić information content (AvgIpc) is 2.48. The number of Topliss-reactive ketones (excluding diaryl/α,β-unsaturated/α-hetero) is 1. The van der Waals surface area contributed by atoms with Crippen molar-refractivity contribution in [1.82, 2.24) is 0 Å².